The molecule has 92 valence electrons. The van der Waals surface area contributed by atoms with Crippen LogP contribution in [0.4, 0.5) is 10.1 Å². The van der Waals surface area contributed by atoms with Gasteiger partial charge in [0, 0.05) is 20.9 Å². The number of benzene rings is 2. The molecule has 2 aromatic rings. The van der Waals surface area contributed by atoms with Crippen LogP contribution in [0.3, 0.4) is 0 Å². The highest BCUT2D eigenvalue weighted by atomic mass is 35.5. The Balaban J connectivity index is 2.31. The number of nitro groups is 1. The summed E-state index contributed by atoms with van der Waals surface area (Å²) in [6.07, 6.45) is 0. The molecule has 2 rings (SSSR count). The number of rotatable bonds is 3. The van der Waals surface area contributed by atoms with E-state index in [1.54, 1.807) is 24.3 Å². The Morgan fingerprint density at radius 3 is 2.61 bits per heavy atom. The Morgan fingerprint density at radius 2 is 1.94 bits per heavy atom. The summed E-state index contributed by atoms with van der Waals surface area (Å²) in [6.45, 7) is 0. The highest BCUT2D eigenvalue weighted by Gasteiger charge is 2.10. The van der Waals surface area contributed by atoms with E-state index in [2.05, 4.69) is 0 Å². The van der Waals surface area contributed by atoms with Gasteiger partial charge in [-0.25, -0.2) is 4.39 Å². The van der Waals surface area contributed by atoms with Crippen LogP contribution in [-0.4, -0.2) is 4.92 Å². The molecule has 0 saturated carbocycles. The second-order valence-corrected chi connectivity index (χ2v) is 5.05. The fourth-order valence-electron chi connectivity index (χ4n) is 1.38. The van der Waals surface area contributed by atoms with E-state index in [4.69, 9.17) is 11.6 Å². The van der Waals surface area contributed by atoms with Gasteiger partial charge in [-0.2, -0.15) is 0 Å². The molecule has 0 aliphatic carbocycles. The molecule has 2 aromatic carbocycles. The topological polar surface area (TPSA) is 43.1 Å². The normalized spacial score (nSPS) is 10.3. The number of hydrogen-bond donors (Lipinski definition) is 0. The van der Waals surface area contributed by atoms with Crippen LogP contribution in [0.5, 0.6) is 0 Å². The van der Waals surface area contributed by atoms with Crippen molar-refractivity contribution >= 4 is 29.1 Å². The predicted octanol–water partition coefficient (Wildman–Crippen LogP) is 4.54. The quantitative estimate of drug-likeness (QED) is 0.613. The molecule has 0 spiro atoms. The monoisotopic (exact) mass is 283 g/mol. The van der Waals surface area contributed by atoms with Crippen LogP contribution in [0.25, 0.3) is 0 Å². The Bertz CT molecular complexity index is 606. The molecule has 3 nitrogen and oxygen atoms in total. The third kappa shape index (κ3) is 3.21. The molecule has 0 bridgehead atoms. The molecule has 18 heavy (non-hydrogen) atoms. The van der Waals surface area contributed by atoms with Crippen LogP contribution in [0.1, 0.15) is 0 Å². The van der Waals surface area contributed by atoms with Crippen molar-refractivity contribution in [2.45, 2.75) is 9.79 Å². The van der Waals surface area contributed by atoms with Crippen LogP contribution >= 0.6 is 23.4 Å². The lowest BCUT2D eigenvalue weighted by molar-refractivity contribution is -0.385. The molecule has 0 radical (unpaired) electrons. The highest BCUT2D eigenvalue weighted by molar-refractivity contribution is 7.99. The van der Waals surface area contributed by atoms with Gasteiger partial charge in [-0.3, -0.25) is 10.1 Å². The minimum Gasteiger partial charge on any atom is -0.258 e. The lowest BCUT2D eigenvalue weighted by Crippen LogP contribution is -1.89. The fourth-order valence-corrected chi connectivity index (χ4v) is 2.59. The summed E-state index contributed by atoms with van der Waals surface area (Å²) in [5, 5.41) is 11.2. The maximum atomic E-state index is 13.2. The first-order chi connectivity index (χ1) is 8.54. The van der Waals surface area contributed by atoms with Crippen molar-refractivity contribution in [3.63, 3.8) is 0 Å². The van der Waals surface area contributed by atoms with Gasteiger partial charge in [0.25, 0.3) is 5.69 Å². The number of hydrogen-bond acceptors (Lipinski definition) is 3. The van der Waals surface area contributed by atoms with Gasteiger partial charge in [0.1, 0.15) is 5.82 Å². The van der Waals surface area contributed by atoms with E-state index in [0.29, 0.717) is 9.92 Å². The smallest absolute Gasteiger partial charge is 0.258 e. The Labute approximate surface area is 112 Å². The molecule has 0 heterocycles. The molecule has 0 N–H and O–H groups in total. The van der Waals surface area contributed by atoms with Gasteiger partial charge >= 0.3 is 0 Å². The van der Waals surface area contributed by atoms with Gasteiger partial charge in [0.05, 0.1) is 11.0 Å². The van der Waals surface area contributed by atoms with Gasteiger partial charge in [0.2, 0.25) is 0 Å². The maximum Gasteiger partial charge on any atom is 0.273 e. The second-order valence-electron chi connectivity index (χ2n) is 3.46. The zero-order chi connectivity index (χ0) is 13.1. The first kappa shape index (κ1) is 12.9. The molecule has 0 saturated heterocycles. The van der Waals surface area contributed by atoms with Crippen LogP contribution in [-0.2, 0) is 0 Å². The third-order valence-electron chi connectivity index (χ3n) is 2.10. The summed E-state index contributed by atoms with van der Waals surface area (Å²) >= 11 is 7.05. The molecule has 0 unspecified atom stereocenters. The van der Waals surface area contributed by atoms with Crippen molar-refractivity contribution in [3.8, 4) is 0 Å². The van der Waals surface area contributed by atoms with E-state index in [-0.39, 0.29) is 5.69 Å². The molecule has 0 amide bonds. The summed E-state index contributed by atoms with van der Waals surface area (Å²) < 4.78 is 13.2. The van der Waals surface area contributed by atoms with Crippen molar-refractivity contribution in [2.75, 3.05) is 0 Å². The zero-order valence-electron chi connectivity index (χ0n) is 8.97. The Kier molecular flexibility index (Phi) is 3.84. The van der Waals surface area contributed by atoms with E-state index in [0.717, 1.165) is 11.0 Å². The lowest BCUT2D eigenvalue weighted by atomic mass is 10.3. The number of non-ortho nitro benzene ring substituents is 1. The molecule has 0 aliphatic rings. The third-order valence-corrected chi connectivity index (χ3v) is 3.29. The average Bonchev–Trinajstić information content (AvgIpc) is 2.28. The van der Waals surface area contributed by atoms with Crippen molar-refractivity contribution in [1.29, 1.82) is 0 Å². The van der Waals surface area contributed by atoms with Crippen molar-refractivity contribution < 1.29 is 9.31 Å². The SMILES string of the molecule is O=[N+]([O-])c1cc(F)cc(Sc2cccc(Cl)c2)c1. The van der Waals surface area contributed by atoms with Gasteiger partial charge in [-0.1, -0.05) is 29.4 Å². The van der Waals surface area contributed by atoms with Gasteiger partial charge < -0.3 is 0 Å². The first-order valence-corrected chi connectivity index (χ1v) is 6.12. The van der Waals surface area contributed by atoms with Gasteiger partial charge in [0.15, 0.2) is 0 Å². The first-order valence-electron chi connectivity index (χ1n) is 4.93. The molecule has 0 fully saturated rings. The van der Waals surface area contributed by atoms with Crippen LogP contribution in [0.15, 0.2) is 52.3 Å². The molecule has 0 aromatic heterocycles. The molecule has 0 aliphatic heterocycles. The van der Waals surface area contributed by atoms with Gasteiger partial charge in [-0.15, -0.1) is 0 Å². The Hall–Kier alpha value is -1.59. The van der Waals surface area contributed by atoms with Crippen LogP contribution < -0.4 is 0 Å². The summed E-state index contributed by atoms with van der Waals surface area (Å²) in [5.74, 6) is -0.631. The van der Waals surface area contributed by atoms with Crippen molar-refractivity contribution in [2.24, 2.45) is 0 Å². The maximum absolute atomic E-state index is 13.2. The molecular formula is C12H7ClFNO2S. The van der Waals surface area contributed by atoms with Gasteiger partial charge in [-0.05, 0) is 24.3 Å². The number of nitro benzene ring substituents is 1. The van der Waals surface area contributed by atoms with Crippen molar-refractivity contribution in [1.82, 2.24) is 0 Å². The van der Waals surface area contributed by atoms with E-state index < -0.39 is 10.7 Å². The van der Waals surface area contributed by atoms with Crippen molar-refractivity contribution in [3.05, 3.63) is 63.4 Å². The summed E-state index contributed by atoms with van der Waals surface area (Å²) in [5.41, 5.74) is -0.264. The standard InChI is InChI=1S/C12H7ClFNO2S/c13-8-2-1-3-11(4-8)18-12-6-9(14)5-10(7-12)15(16)17/h1-7H. The molecule has 0 atom stereocenters. The Morgan fingerprint density at radius 1 is 1.17 bits per heavy atom. The highest BCUT2D eigenvalue weighted by Crippen LogP contribution is 2.32. The minimum absolute atomic E-state index is 0.264. The average molecular weight is 284 g/mol. The van der Waals surface area contributed by atoms with E-state index in [9.17, 15) is 14.5 Å². The van der Waals surface area contributed by atoms with E-state index in [1.807, 2.05) is 0 Å². The fraction of sp³-hybridized carbons (Fsp3) is 0. The van der Waals surface area contributed by atoms with Crippen LogP contribution in [0, 0.1) is 15.9 Å². The zero-order valence-corrected chi connectivity index (χ0v) is 10.5. The largest absolute Gasteiger partial charge is 0.273 e. The number of halogens is 2. The summed E-state index contributed by atoms with van der Waals surface area (Å²) in [4.78, 5) is 11.3. The van der Waals surface area contributed by atoms with E-state index >= 15 is 0 Å². The van der Waals surface area contributed by atoms with Crippen LogP contribution in [0.2, 0.25) is 5.02 Å². The van der Waals surface area contributed by atoms with E-state index in [1.165, 1.54) is 23.9 Å². The minimum atomic E-state index is -0.631. The summed E-state index contributed by atoms with van der Waals surface area (Å²) in [6, 6.07) is 10.5. The lowest BCUT2D eigenvalue weighted by Gasteiger charge is -2.02. The number of nitrogens with zero attached hydrogens (tertiary/aromatic N) is 1. The molecular weight excluding hydrogens is 277 g/mol. The predicted molar refractivity (Wildman–Crippen MR) is 68.6 cm³/mol. The molecule has 6 heteroatoms. The summed E-state index contributed by atoms with van der Waals surface area (Å²) in [7, 11) is 0. The second kappa shape index (κ2) is 5.37.